The van der Waals surface area contributed by atoms with E-state index < -0.39 is 30.0 Å². The molecule has 0 saturated carbocycles. The molecule has 0 bridgehead atoms. The second-order valence-corrected chi connectivity index (χ2v) is 8.76. The van der Waals surface area contributed by atoms with Crippen LogP contribution in [-0.2, 0) is 22.4 Å². The van der Waals surface area contributed by atoms with Gasteiger partial charge in [-0.05, 0) is 81.1 Å². The number of rotatable bonds is 9. The number of carboxylic acid groups (broad SMARTS) is 1. The number of halogens is 5. The van der Waals surface area contributed by atoms with E-state index in [9.17, 15) is 22.8 Å². The third-order valence-electron chi connectivity index (χ3n) is 4.32. The maximum Gasteiger partial charge on any atom is 0.416 e. The van der Waals surface area contributed by atoms with Crippen LogP contribution in [0.3, 0.4) is 0 Å². The Morgan fingerprint density at radius 2 is 1.72 bits per heavy atom. The van der Waals surface area contributed by atoms with Gasteiger partial charge in [-0.1, -0.05) is 6.92 Å². The van der Waals surface area contributed by atoms with Crippen LogP contribution in [0, 0.1) is 0 Å². The van der Waals surface area contributed by atoms with Crippen molar-refractivity contribution in [1.82, 2.24) is 0 Å². The molecule has 0 saturated heterocycles. The molecule has 2 aromatic carbocycles. The lowest BCUT2D eigenvalue weighted by atomic mass is 10.1. The molecule has 0 radical (unpaired) electrons. The van der Waals surface area contributed by atoms with Gasteiger partial charge in [0.15, 0.2) is 0 Å². The fourth-order valence-corrected chi connectivity index (χ4v) is 4.09. The average Bonchev–Trinajstić information content (AvgIpc) is 2.65. The van der Waals surface area contributed by atoms with Crippen LogP contribution in [-0.4, -0.2) is 23.0 Å². The van der Waals surface area contributed by atoms with Crippen molar-refractivity contribution in [1.29, 1.82) is 0 Å². The Morgan fingerprint density at radius 3 is 2.25 bits per heavy atom. The highest BCUT2D eigenvalue weighted by Crippen LogP contribution is 2.38. The number of hydrogen-bond donors (Lipinski definition) is 3. The third-order valence-corrected chi connectivity index (χ3v) is 5.50. The summed E-state index contributed by atoms with van der Waals surface area (Å²) in [5.41, 5.74) is 0.214. The summed E-state index contributed by atoms with van der Waals surface area (Å²) in [6.45, 7) is 3.67. The summed E-state index contributed by atoms with van der Waals surface area (Å²) < 4.78 is 46.6. The molecule has 1 unspecified atom stereocenters. The minimum absolute atomic E-state index is 0.000535. The zero-order valence-electron chi connectivity index (χ0n) is 17.1. The van der Waals surface area contributed by atoms with Gasteiger partial charge in [0, 0.05) is 17.4 Å². The monoisotopic (exact) mass is 580 g/mol. The second kappa shape index (κ2) is 11.0. The molecule has 32 heavy (non-hydrogen) atoms. The van der Waals surface area contributed by atoms with E-state index in [0.29, 0.717) is 31.6 Å². The van der Waals surface area contributed by atoms with E-state index in [0.717, 1.165) is 18.6 Å². The van der Waals surface area contributed by atoms with Crippen LogP contribution in [0.1, 0.15) is 37.8 Å². The van der Waals surface area contributed by atoms with Crippen molar-refractivity contribution >= 4 is 55.1 Å². The Bertz CT molecular complexity index is 976. The second-order valence-electron chi connectivity index (χ2n) is 7.05. The van der Waals surface area contributed by atoms with E-state index in [1.54, 1.807) is 6.07 Å². The lowest BCUT2D eigenvalue weighted by molar-refractivity contribution is -0.140. The molecule has 0 aromatic heterocycles. The molecule has 1 atom stereocenters. The maximum atomic E-state index is 13.3. The minimum atomic E-state index is -4.50. The van der Waals surface area contributed by atoms with Gasteiger partial charge in [-0.25, -0.2) is 0 Å². The van der Waals surface area contributed by atoms with Crippen molar-refractivity contribution in [3.8, 4) is 5.75 Å². The summed E-state index contributed by atoms with van der Waals surface area (Å²) in [5, 5.41) is 14.2. The lowest BCUT2D eigenvalue weighted by Gasteiger charge is -2.18. The molecular weight excluding hydrogens is 561 g/mol. The van der Waals surface area contributed by atoms with Gasteiger partial charge in [0.1, 0.15) is 18.8 Å². The molecule has 2 rings (SSSR count). The quantitative estimate of drug-likeness (QED) is 0.297. The van der Waals surface area contributed by atoms with Crippen molar-refractivity contribution in [2.45, 2.75) is 45.5 Å². The molecule has 174 valence electrons. The normalized spacial score (nSPS) is 12.2. The van der Waals surface area contributed by atoms with E-state index in [1.807, 2.05) is 13.8 Å². The minimum Gasteiger partial charge on any atom is -0.487 e. The number of anilines is 2. The first-order valence-electron chi connectivity index (χ1n) is 9.50. The van der Waals surface area contributed by atoms with Crippen molar-refractivity contribution in [3.63, 3.8) is 0 Å². The van der Waals surface area contributed by atoms with Crippen LogP contribution >= 0.6 is 31.9 Å². The molecule has 0 fully saturated rings. The summed E-state index contributed by atoms with van der Waals surface area (Å²) in [5.74, 6) is -1.64. The highest BCUT2D eigenvalue weighted by molar-refractivity contribution is 9.11. The summed E-state index contributed by atoms with van der Waals surface area (Å²) in [6.07, 6.45) is -4.44. The molecule has 0 aliphatic heterocycles. The predicted octanol–water partition coefficient (Wildman–Crippen LogP) is 6.43. The van der Waals surface area contributed by atoms with Gasteiger partial charge in [-0.3, -0.25) is 9.59 Å². The van der Waals surface area contributed by atoms with Gasteiger partial charge in [0.25, 0.3) is 0 Å². The van der Waals surface area contributed by atoms with E-state index in [4.69, 9.17) is 9.84 Å². The smallest absolute Gasteiger partial charge is 0.416 e. The molecule has 0 aliphatic carbocycles. The van der Waals surface area contributed by atoms with Crippen LogP contribution in [0.4, 0.5) is 24.5 Å². The Balaban J connectivity index is 2.22. The van der Waals surface area contributed by atoms with Crippen LogP contribution in [0.2, 0.25) is 0 Å². The van der Waals surface area contributed by atoms with Gasteiger partial charge in [-0.15, -0.1) is 0 Å². The summed E-state index contributed by atoms with van der Waals surface area (Å²) >= 11 is 6.60. The molecule has 1 amide bonds. The van der Waals surface area contributed by atoms with E-state index in [-0.39, 0.29) is 12.6 Å². The molecule has 6 nitrogen and oxygen atoms in total. The van der Waals surface area contributed by atoms with Crippen LogP contribution in [0.5, 0.6) is 5.75 Å². The van der Waals surface area contributed by atoms with Crippen molar-refractivity contribution < 1.29 is 32.6 Å². The summed E-state index contributed by atoms with van der Waals surface area (Å²) in [4.78, 5) is 22.3. The van der Waals surface area contributed by atoms with Gasteiger partial charge >= 0.3 is 12.1 Å². The van der Waals surface area contributed by atoms with E-state index >= 15 is 0 Å². The lowest BCUT2D eigenvalue weighted by Crippen LogP contribution is -2.16. The highest BCUT2D eigenvalue weighted by atomic mass is 79.9. The number of nitrogens with one attached hydrogen (secondary N) is 2. The van der Waals surface area contributed by atoms with Crippen molar-refractivity contribution in [2.75, 3.05) is 10.6 Å². The van der Waals surface area contributed by atoms with Crippen molar-refractivity contribution in [3.05, 3.63) is 50.4 Å². The number of carboxylic acids is 1. The first-order valence-corrected chi connectivity index (χ1v) is 11.1. The number of ether oxygens (including phenoxy) is 1. The molecule has 0 aliphatic rings. The molecule has 2 aromatic rings. The number of aliphatic carboxylic acids is 1. The molecule has 3 N–H and O–H groups in total. The topological polar surface area (TPSA) is 87.7 Å². The molecular formula is C21H21Br2F3N2O4. The van der Waals surface area contributed by atoms with Gasteiger partial charge in [0.2, 0.25) is 5.91 Å². The number of hydrogen-bond acceptors (Lipinski definition) is 4. The zero-order chi connectivity index (χ0) is 24.1. The number of alkyl halides is 3. The molecule has 0 spiro atoms. The van der Waals surface area contributed by atoms with Gasteiger partial charge in [0.05, 0.1) is 14.5 Å². The first kappa shape index (κ1) is 26.0. The third kappa shape index (κ3) is 7.70. The fraction of sp³-hybridized carbons (Fsp3) is 0.333. The Kier molecular flexibility index (Phi) is 8.97. The molecule has 11 heteroatoms. The van der Waals surface area contributed by atoms with Gasteiger partial charge in [-0.2, -0.15) is 13.2 Å². The highest BCUT2D eigenvalue weighted by Gasteiger charge is 2.31. The number of amides is 1. The maximum absolute atomic E-state index is 13.3. The number of benzene rings is 2. The zero-order valence-corrected chi connectivity index (χ0v) is 20.3. The molecule has 0 heterocycles. The average molecular weight is 582 g/mol. The predicted molar refractivity (Wildman–Crippen MR) is 122 cm³/mol. The summed E-state index contributed by atoms with van der Waals surface area (Å²) in [7, 11) is 0. The van der Waals surface area contributed by atoms with E-state index in [2.05, 4.69) is 42.5 Å². The van der Waals surface area contributed by atoms with Gasteiger partial charge < -0.3 is 20.5 Å². The SMILES string of the molecule is CCC(C)Nc1cc(COc2c(Br)cc(NC(=O)CC(=O)O)cc2Br)cc(C(F)(F)F)c1. The Morgan fingerprint density at radius 1 is 1.09 bits per heavy atom. The largest absolute Gasteiger partial charge is 0.487 e. The van der Waals surface area contributed by atoms with E-state index in [1.165, 1.54) is 12.1 Å². The standard InChI is InChI=1S/C21H21Br2F3N2O4/c1-3-11(2)27-14-5-12(4-13(6-14)21(24,25)26)10-32-20-16(22)7-15(8-17(20)23)28-18(29)9-19(30)31/h4-8,11,27H,3,9-10H2,1-2H3,(H,28,29)(H,30,31). The Hall–Kier alpha value is -2.27. The van der Waals surface area contributed by atoms with Crippen LogP contribution in [0.15, 0.2) is 39.3 Å². The van der Waals surface area contributed by atoms with Crippen molar-refractivity contribution in [2.24, 2.45) is 0 Å². The van der Waals surface area contributed by atoms with Crippen LogP contribution in [0.25, 0.3) is 0 Å². The summed E-state index contributed by atoms with van der Waals surface area (Å²) in [6, 6.07) is 6.70. The van der Waals surface area contributed by atoms with Crippen LogP contribution < -0.4 is 15.4 Å². The Labute approximate surface area is 199 Å². The number of carbonyl (C=O) groups excluding carboxylic acids is 1. The number of carbonyl (C=O) groups is 2. The fourth-order valence-electron chi connectivity index (χ4n) is 2.68. The first-order chi connectivity index (χ1) is 14.9.